The molecule has 4 nitrogen and oxygen atoms in total. The van der Waals surface area contributed by atoms with Gasteiger partial charge in [0.25, 0.3) is 0 Å². The molecule has 0 unspecified atom stereocenters. The first kappa shape index (κ1) is 18.1. The van der Waals surface area contributed by atoms with E-state index in [1.165, 1.54) is 0 Å². The van der Waals surface area contributed by atoms with Gasteiger partial charge in [-0.3, -0.25) is 4.79 Å². The molecule has 0 heterocycles. The molecule has 128 valence electrons. The van der Waals surface area contributed by atoms with Gasteiger partial charge in [0.1, 0.15) is 17.2 Å². The summed E-state index contributed by atoms with van der Waals surface area (Å²) in [6.45, 7) is 4.21. The molecule has 0 saturated heterocycles. The van der Waals surface area contributed by atoms with E-state index in [4.69, 9.17) is 25.8 Å². The molecule has 0 saturated carbocycles. The van der Waals surface area contributed by atoms with Crippen molar-refractivity contribution in [2.75, 3.05) is 13.7 Å². The standard InChI is InChI=1S/C19H21ClO4/c1-13-11-17(12-14(2)19(13)20)24-18(21)5-4-10-23-16-8-6-15(22-3)7-9-16/h6-9,11-12H,4-5,10H2,1-3H3. The molecule has 0 spiro atoms. The Bertz CT molecular complexity index is 672. The highest BCUT2D eigenvalue weighted by Gasteiger charge is 2.08. The topological polar surface area (TPSA) is 44.8 Å². The van der Waals surface area contributed by atoms with E-state index >= 15 is 0 Å². The highest BCUT2D eigenvalue weighted by Crippen LogP contribution is 2.26. The zero-order valence-corrected chi connectivity index (χ0v) is 14.9. The van der Waals surface area contributed by atoms with Crippen molar-refractivity contribution < 1.29 is 19.0 Å². The summed E-state index contributed by atoms with van der Waals surface area (Å²) in [6, 6.07) is 10.8. The Balaban J connectivity index is 1.75. The van der Waals surface area contributed by atoms with Crippen LogP contribution in [0.1, 0.15) is 24.0 Å². The van der Waals surface area contributed by atoms with Gasteiger partial charge >= 0.3 is 5.97 Å². The van der Waals surface area contributed by atoms with E-state index in [1.807, 2.05) is 38.1 Å². The molecule has 0 amide bonds. The summed E-state index contributed by atoms with van der Waals surface area (Å²) >= 11 is 6.10. The molecule has 2 rings (SSSR count). The average molecular weight is 349 g/mol. The fourth-order valence-corrected chi connectivity index (χ4v) is 2.34. The lowest BCUT2D eigenvalue weighted by Gasteiger charge is -2.09. The van der Waals surface area contributed by atoms with Crippen LogP contribution in [0, 0.1) is 13.8 Å². The number of benzene rings is 2. The van der Waals surface area contributed by atoms with Gasteiger partial charge in [0.15, 0.2) is 0 Å². The number of ether oxygens (including phenoxy) is 3. The van der Waals surface area contributed by atoms with Crippen molar-refractivity contribution in [1.29, 1.82) is 0 Å². The van der Waals surface area contributed by atoms with Gasteiger partial charge < -0.3 is 14.2 Å². The molecule has 0 aliphatic rings. The summed E-state index contributed by atoms with van der Waals surface area (Å²) in [6.07, 6.45) is 0.868. The molecule has 0 radical (unpaired) electrons. The lowest BCUT2D eigenvalue weighted by molar-refractivity contribution is -0.134. The molecule has 0 aliphatic carbocycles. The van der Waals surface area contributed by atoms with E-state index in [0.29, 0.717) is 23.8 Å². The molecule has 0 bridgehead atoms. The molecule has 5 heteroatoms. The Labute approximate surface area is 147 Å². The number of esters is 1. The van der Waals surface area contributed by atoms with E-state index in [1.54, 1.807) is 19.2 Å². The number of carbonyl (C=O) groups excluding carboxylic acids is 1. The van der Waals surface area contributed by atoms with Crippen LogP contribution >= 0.6 is 11.6 Å². The van der Waals surface area contributed by atoms with Gasteiger partial charge in [-0.1, -0.05) is 11.6 Å². The predicted molar refractivity (Wildman–Crippen MR) is 94.3 cm³/mol. The maximum absolute atomic E-state index is 11.9. The maximum Gasteiger partial charge on any atom is 0.311 e. The zero-order valence-electron chi connectivity index (χ0n) is 14.1. The van der Waals surface area contributed by atoms with E-state index in [-0.39, 0.29) is 12.4 Å². The van der Waals surface area contributed by atoms with Crippen molar-refractivity contribution >= 4 is 17.6 Å². The highest BCUT2D eigenvalue weighted by molar-refractivity contribution is 6.32. The summed E-state index contributed by atoms with van der Waals surface area (Å²) < 4.78 is 16.0. The minimum absolute atomic E-state index is 0.283. The van der Waals surface area contributed by atoms with Gasteiger partial charge in [-0.15, -0.1) is 0 Å². The SMILES string of the molecule is COc1ccc(OCCCC(=O)Oc2cc(C)c(Cl)c(C)c2)cc1. The van der Waals surface area contributed by atoms with Crippen LogP contribution in [0.25, 0.3) is 0 Å². The third-order valence-electron chi connectivity index (χ3n) is 3.50. The van der Waals surface area contributed by atoms with Crippen molar-refractivity contribution in [3.8, 4) is 17.2 Å². The lowest BCUT2D eigenvalue weighted by Crippen LogP contribution is -2.10. The summed E-state index contributed by atoms with van der Waals surface area (Å²) in [4.78, 5) is 11.9. The average Bonchev–Trinajstić information content (AvgIpc) is 2.57. The number of carbonyl (C=O) groups is 1. The maximum atomic E-state index is 11.9. The molecule has 0 fully saturated rings. The van der Waals surface area contributed by atoms with Crippen LogP contribution in [0.15, 0.2) is 36.4 Å². The number of hydrogen-bond acceptors (Lipinski definition) is 4. The van der Waals surface area contributed by atoms with Crippen molar-refractivity contribution in [1.82, 2.24) is 0 Å². The quantitative estimate of drug-likeness (QED) is 0.412. The molecule has 0 N–H and O–H groups in total. The fraction of sp³-hybridized carbons (Fsp3) is 0.316. The number of hydrogen-bond donors (Lipinski definition) is 0. The largest absolute Gasteiger partial charge is 0.497 e. The third-order valence-corrected chi connectivity index (χ3v) is 4.09. The van der Waals surface area contributed by atoms with E-state index in [0.717, 1.165) is 22.6 Å². The van der Waals surface area contributed by atoms with Crippen LogP contribution in [0.5, 0.6) is 17.2 Å². The smallest absolute Gasteiger partial charge is 0.311 e. The molecular formula is C19H21ClO4. The van der Waals surface area contributed by atoms with E-state index in [2.05, 4.69) is 0 Å². The monoisotopic (exact) mass is 348 g/mol. The second-order valence-electron chi connectivity index (χ2n) is 5.47. The Morgan fingerprint density at radius 2 is 1.58 bits per heavy atom. The summed E-state index contributed by atoms with van der Waals surface area (Å²) in [5.74, 6) is 1.76. The van der Waals surface area contributed by atoms with Gasteiger partial charge in [-0.05, 0) is 67.8 Å². The third kappa shape index (κ3) is 5.17. The predicted octanol–water partition coefficient (Wildman–Crippen LogP) is 4.73. The second-order valence-corrected chi connectivity index (χ2v) is 5.85. The molecular weight excluding hydrogens is 328 g/mol. The Morgan fingerprint density at radius 3 is 2.17 bits per heavy atom. The number of halogens is 1. The van der Waals surface area contributed by atoms with Crippen LogP contribution in [0.2, 0.25) is 5.02 Å². The first-order valence-corrected chi connectivity index (χ1v) is 8.11. The zero-order chi connectivity index (χ0) is 17.5. The van der Waals surface area contributed by atoms with Crippen molar-refractivity contribution in [2.45, 2.75) is 26.7 Å². The van der Waals surface area contributed by atoms with Crippen molar-refractivity contribution in [2.24, 2.45) is 0 Å². The van der Waals surface area contributed by atoms with Gasteiger partial charge in [0, 0.05) is 11.4 Å². The molecule has 24 heavy (non-hydrogen) atoms. The molecule has 2 aromatic carbocycles. The molecule has 0 aromatic heterocycles. The van der Waals surface area contributed by atoms with Gasteiger partial charge in [0.2, 0.25) is 0 Å². The summed E-state index contributed by atoms with van der Waals surface area (Å²) in [7, 11) is 1.62. The first-order chi connectivity index (χ1) is 11.5. The number of methoxy groups -OCH3 is 1. The summed E-state index contributed by atoms with van der Waals surface area (Å²) in [5, 5.41) is 0.697. The lowest BCUT2D eigenvalue weighted by atomic mass is 10.1. The van der Waals surface area contributed by atoms with Crippen LogP contribution in [0.4, 0.5) is 0 Å². The van der Waals surface area contributed by atoms with Crippen molar-refractivity contribution in [3.05, 3.63) is 52.5 Å². The van der Waals surface area contributed by atoms with Crippen LogP contribution in [-0.4, -0.2) is 19.7 Å². The van der Waals surface area contributed by atoms with E-state index < -0.39 is 0 Å². The fourth-order valence-electron chi connectivity index (χ4n) is 2.23. The minimum atomic E-state index is -0.283. The minimum Gasteiger partial charge on any atom is -0.497 e. The Morgan fingerprint density at radius 1 is 1.00 bits per heavy atom. The van der Waals surface area contributed by atoms with Crippen LogP contribution in [0.3, 0.4) is 0 Å². The number of aryl methyl sites for hydroxylation is 2. The Kier molecular flexibility index (Phi) is 6.50. The second kappa shape index (κ2) is 8.60. The van der Waals surface area contributed by atoms with Gasteiger partial charge in [0.05, 0.1) is 13.7 Å². The normalized spacial score (nSPS) is 10.3. The highest BCUT2D eigenvalue weighted by atomic mass is 35.5. The Hall–Kier alpha value is -2.20. The molecule has 0 atom stereocenters. The van der Waals surface area contributed by atoms with E-state index in [9.17, 15) is 4.79 Å². The molecule has 0 aliphatic heterocycles. The molecule has 2 aromatic rings. The van der Waals surface area contributed by atoms with Crippen LogP contribution in [-0.2, 0) is 4.79 Å². The van der Waals surface area contributed by atoms with Gasteiger partial charge in [-0.2, -0.15) is 0 Å². The van der Waals surface area contributed by atoms with Gasteiger partial charge in [-0.25, -0.2) is 0 Å². The van der Waals surface area contributed by atoms with Crippen molar-refractivity contribution in [3.63, 3.8) is 0 Å². The van der Waals surface area contributed by atoms with Crippen LogP contribution < -0.4 is 14.2 Å². The number of rotatable bonds is 7. The summed E-state index contributed by atoms with van der Waals surface area (Å²) in [5.41, 5.74) is 1.78. The first-order valence-electron chi connectivity index (χ1n) is 7.74.